The Bertz CT molecular complexity index is 620. The smallest absolute Gasteiger partial charge is 0.316 e. The summed E-state index contributed by atoms with van der Waals surface area (Å²) in [6.07, 6.45) is 0.359. The standard InChI is InChI=1S/C17H21NO6/c1-22-13-5-4-6-14(23-2)15(13)16(20)18-9-7-11(17(21)24-3)12(19)8-10-18/h4-6,11H,7-10H2,1-3H3. The van der Waals surface area contributed by atoms with Crippen LogP contribution in [0.5, 0.6) is 11.5 Å². The van der Waals surface area contributed by atoms with E-state index in [0.29, 0.717) is 17.1 Å². The fourth-order valence-corrected chi connectivity index (χ4v) is 2.79. The van der Waals surface area contributed by atoms with Gasteiger partial charge in [0.15, 0.2) is 0 Å². The molecule has 1 saturated heterocycles. The minimum atomic E-state index is -0.813. The first-order chi connectivity index (χ1) is 11.5. The molecule has 1 heterocycles. The Labute approximate surface area is 140 Å². The highest BCUT2D eigenvalue weighted by molar-refractivity contribution is 6.02. The number of Topliss-reactive ketones (excluding diaryl/α,β-unsaturated/α-hetero) is 1. The van der Waals surface area contributed by atoms with E-state index in [1.807, 2.05) is 0 Å². The van der Waals surface area contributed by atoms with Crippen LogP contribution in [0.4, 0.5) is 0 Å². The zero-order chi connectivity index (χ0) is 17.7. The van der Waals surface area contributed by atoms with Crippen molar-refractivity contribution in [1.82, 2.24) is 4.90 Å². The summed E-state index contributed by atoms with van der Waals surface area (Å²) in [6, 6.07) is 5.08. The zero-order valence-corrected chi connectivity index (χ0v) is 14.0. The van der Waals surface area contributed by atoms with Crippen molar-refractivity contribution in [3.05, 3.63) is 23.8 Å². The molecular formula is C17H21NO6. The molecule has 0 saturated carbocycles. The molecule has 1 fully saturated rings. The van der Waals surface area contributed by atoms with E-state index in [1.54, 1.807) is 23.1 Å². The van der Waals surface area contributed by atoms with E-state index < -0.39 is 11.9 Å². The molecule has 1 amide bonds. The number of ketones is 1. The number of carbonyl (C=O) groups is 3. The molecule has 1 aliphatic rings. The molecule has 1 aromatic rings. The second-order valence-corrected chi connectivity index (χ2v) is 5.41. The summed E-state index contributed by atoms with van der Waals surface area (Å²) < 4.78 is 15.2. The first-order valence-electron chi connectivity index (χ1n) is 7.64. The maximum atomic E-state index is 12.9. The van der Waals surface area contributed by atoms with Gasteiger partial charge in [-0.1, -0.05) is 6.07 Å². The summed E-state index contributed by atoms with van der Waals surface area (Å²) in [7, 11) is 4.21. The number of methoxy groups -OCH3 is 3. The van der Waals surface area contributed by atoms with E-state index >= 15 is 0 Å². The lowest BCUT2D eigenvalue weighted by molar-refractivity contribution is -0.149. The van der Waals surface area contributed by atoms with Crippen molar-refractivity contribution >= 4 is 17.7 Å². The summed E-state index contributed by atoms with van der Waals surface area (Å²) in [5.41, 5.74) is 0.312. The number of hydrogen-bond donors (Lipinski definition) is 0. The van der Waals surface area contributed by atoms with Gasteiger partial charge in [0.05, 0.1) is 21.3 Å². The molecule has 130 valence electrons. The van der Waals surface area contributed by atoms with Crippen LogP contribution in [0.2, 0.25) is 0 Å². The van der Waals surface area contributed by atoms with Crippen LogP contribution in [-0.2, 0) is 14.3 Å². The van der Waals surface area contributed by atoms with Gasteiger partial charge < -0.3 is 19.1 Å². The Hall–Kier alpha value is -2.57. The highest BCUT2D eigenvalue weighted by atomic mass is 16.5. The van der Waals surface area contributed by atoms with Crippen molar-refractivity contribution in [3.63, 3.8) is 0 Å². The van der Waals surface area contributed by atoms with Crippen LogP contribution in [0.15, 0.2) is 18.2 Å². The Morgan fingerprint density at radius 2 is 1.71 bits per heavy atom. The van der Waals surface area contributed by atoms with E-state index in [4.69, 9.17) is 9.47 Å². The lowest BCUT2D eigenvalue weighted by atomic mass is 10.00. The Balaban J connectivity index is 2.25. The first-order valence-corrected chi connectivity index (χ1v) is 7.64. The van der Waals surface area contributed by atoms with Crippen LogP contribution in [0.1, 0.15) is 23.2 Å². The minimum absolute atomic E-state index is 0.114. The van der Waals surface area contributed by atoms with Crippen LogP contribution in [0.25, 0.3) is 0 Å². The average molecular weight is 335 g/mol. The fraction of sp³-hybridized carbons (Fsp3) is 0.471. The summed E-state index contributed by atoms with van der Waals surface area (Å²) >= 11 is 0. The molecule has 7 nitrogen and oxygen atoms in total. The number of ether oxygens (including phenoxy) is 3. The lowest BCUT2D eigenvalue weighted by Gasteiger charge is -2.22. The molecule has 1 atom stereocenters. The lowest BCUT2D eigenvalue weighted by Crippen LogP contribution is -2.33. The largest absolute Gasteiger partial charge is 0.496 e. The molecule has 0 aromatic heterocycles. The predicted molar refractivity (Wildman–Crippen MR) is 85.2 cm³/mol. The third-order valence-corrected chi connectivity index (χ3v) is 4.12. The minimum Gasteiger partial charge on any atom is -0.496 e. The number of amides is 1. The van der Waals surface area contributed by atoms with Crippen molar-refractivity contribution in [2.45, 2.75) is 12.8 Å². The molecule has 24 heavy (non-hydrogen) atoms. The third-order valence-electron chi connectivity index (χ3n) is 4.12. The van der Waals surface area contributed by atoms with E-state index in [-0.39, 0.29) is 37.6 Å². The molecular weight excluding hydrogens is 314 g/mol. The predicted octanol–water partition coefficient (Wildman–Crippen LogP) is 1.30. The van der Waals surface area contributed by atoms with Gasteiger partial charge in [0.2, 0.25) is 0 Å². The first kappa shape index (κ1) is 17.8. The van der Waals surface area contributed by atoms with Crippen molar-refractivity contribution in [2.75, 3.05) is 34.4 Å². The van der Waals surface area contributed by atoms with Gasteiger partial charge in [-0.2, -0.15) is 0 Å². The molecule has 0 aliphatic carbocycles. The van der Waals surface area contributed by atoms with Gasteiger partial charge in [-0.25, -0.2) is 0 Å². The highest BCUT2D eigenvalue weighted by Gasteiger charge is 2.33. The quantitative estimate of drug-likeness (QED) is 0.609. The van der Waals surface area contributed by atoms with Crippen LogP contribution in [0, 0.1) is 5.92 Å². The van der Waals surface area contributed by atoms with E-state index in [2.05, 4.69) is 4.74 Å². The summed E-state index contributed by atoms with van der Waals surface area (Å²) in [5, 5.41) is 0. The number of hydrogen-bond acceptors (Lipinski definition) is 6. The molecule has 0 spiro atoms. The summed E-state index contributed by atoms with van der Waals surface area (Å²) in [4.78, 5) is 38.2. The molecule has 1 unspecified atom stereocenters. The second kappa shape index (κ2) is 7.81. The number of likely N-dealkylation sites (tertiary alicyclic amines) is 1. The van der Waals surface area contributed by atoms with Crippen molar-refractivity contribution in [3.8, 4) is 11.5 Å². The maximum Gasteiger partial charge on any atom is 0.316 e. The van der Waals surface area contributed by atoms with Gasteiger partial charge in [0, 0.05) is 19.5 Å². The van der Waals surface area contributed by atoms with Crippen LogP contribution >= 0.6 is 0 Å². The van der Waals surface area contributed by atoms with E-state index in [9.17, 15) is 14.4 Å². The zero-order valence-electron chi connectivity index (χ0n) is 14.0. The van der Waals surface area contributed by atoms with Gasteiger partial charge in [-0.15, -0.1) is 0 Å². The average Bonchev–Trinajstić information content (AvgIpc) is 2.81. The van der Waals surface area contributed by atoms with Gasteiger partial charge in [-0.3, -0.25) is 14.4 Å². The third kappa shape index (κ3) is 3.50. The number of esters is 1. The molecule has 1 aromatic carbocycles. The molecule has 0 N–H and O–H groups in total. The van der Waals surface area contributed by atoms with Crippen LogP contribution in [0.3, 0.4) is 0 Å². The highest BCUT2D eigenvalue weighted by Crippen LogP contribution is 2.30. The van der Waals surface area contributed by atoms with Crippen molar-refractivity contribution in [2.24, 2.45) is 5.92 Å². The monoisotopic (exact) mass is 335 g/mol. The number of nitrogens with zero attached hydrogens (tertiary/aromatic N) is 1. The van der Waals surface area contributed by atoms with Crippen LogP contribution in [-0.4, -0.2) is 57.0 Å². The molecule has 1 aliphatic heterocycles. The summed E-state index contributed by atoms with van der Waals surface area (Å²) in [5.74, 6) is -1.05. The van der Waals surface area contributed by atoms with Crippen molar-refractivity contribution < 1.29 is 28.6 Å². The number of benzene rings is 1. The maximum absolute atomic E-state index is 12.9. The van der Waals surface area contributed by atoms with Gasteiger partial charge in [-0.05, 0) is 18.6 Å². The normalized spacial score (nSPS) is 17.9. The molecule has 0 radical (unpaired) electrons. The van der Waals surface area contributed by atoms with E-state index in [1.165, 1.54) is 21.3 Å². The Morgan fingerprint density at radius 1 is 1.08 bits per heavy atom. The van der Waals surface area contributed by atoms with Crippen molar-refractivity contribution in [1.29, 1.82) is 0 Å². The van der Waals surface area contributed by atoms with Crippen LogP contribution < -0.4 is 9.47 Å². The molecule has 7 heteroatoms. The van der Waals surface area contributed by atoms with Gasteiger partial charge in [0.25, 0.3) is 5.91 Å². The second-order valence-electron chi connectivity index (χ2n) is 5.41. The molecule has 2 rings (SSSR count). The topological polar surface area (TPSA) is 82.1 Å². The molecule has 0 bridgehead atoms. The fourth-order valence-electron chi connectivity index (χ4n) is 2.79. The SMILES string of the molecule is COC(=O)C1CCN(C(=O)c2c(OC)cccc2OC)CCC1=O. The van der Waals surface area contributed by atoms with Gasteiger partial charge >= 0.3 is 5.97 Å². The Kier molecular flexibility index (Phi) is 5.78. The number of carbonyl (C=O) groups excluding carboxylic acids is 3. The summed E-state index contributed by atoms with van der Waals surface area (Å²) in [6.45, 7) is 0.526. The van der Waals surface area contributed by atoms with Gasteiger partial charge in [0.1, 0.15) is 28.8 Å². The Morgan fingerprint density at radius 3 is 2.25 bits per heavy atom. The number of rotatable bonds is 4. The van der Waals surface area contributed by atoms with E-state index in [0.717, 1.165) is 0 Å².